The Morgan fingerprint density at radius 1 is 0.722 bits per heavy atom. The monoisotopic (exact) mass is 520 g/mol. The van der Waals surface area contributed by atoms with Gasteiger partial charge in [-0.15, -0.1) is 0 Å². The van der Waals surface area contributed by atoms with E-state index in [1.54, 1.807) is 19.1 Å². The van der Waals surface area contributed by atoms with Crippen molar-refractivity contribution in [2.75, 3.05) is 0 Å². The Labute approximate surface area is 201 Å². The topological polar surface area (TPSA) is 0 Å². The Bertz CT molecular complexity index is 1130. The van der Waals surface area contributed by atoms with Gasteiger partial charge in [0.15, 0.2) is 58.2 Å². The Hall–Kier alpha value is -2.98. The van der Waals surface area contributed by atoms with Crippen molar-refractivity contribution < 1.29 is 43.9 Å². The molecule has 1 aliphatic carbocycles. The molecule has 0 saturated carbocycles. The molecule has 0 radical (unpaired) electrons. The summed E-state index contributed by atoms with van der Waals surface area (Å²) >= 11 is 0. The van der Waals surface area contributed by atoms with E-state index in [0.717, 1.165) is 5.57 Å². The van der Waals surface area contributed by atoms with Gasteiger partial charge < -0.3 is 0 Å². The second-order valence-corrected chi connectivity index (χ2v) is 8.28. The first-order chi connectivity index (χ1) is 17.0. The van der Waals surface area contributed by atoms with E-state index in [-0.39, 0.29) is 24.7 Å². The average Bonchev–Trinajstić information content (AvgIpc) is 3.39. The minimum absolute atomic E-state index is 0.140. The third kappa shape index (κ3) is 5.10. The minimum atomic E-state index is -2.52. The molecule has 0 aliphatic heterocycles. The number of hydrogen-bond donors (Lipinski definition) is 0. The molecular formula is C25H19BF10. The first-order valence-corrected chi connectivity index (χ1v) is 11.1. The van der Waals surface area contributed by atoms with Crippen molar-refractivity contribution in [3.63, 3.8) is 0 Å². The predicted octanol–water partition coefficient (Wildman–Crippen LogP) is 7.01. The summed E-state index contributed by atoms with van der Waals surface area (Å²) in [6, 6.07) is 0. The molecular weight excluding hydrogens is 501 g/mol. The van der Waals surface area contributed by atoms with Crippen LogP contribution >= 0.6 is 0 Å². The predicted molar refractivity (Wildman–Crippen MR) is 116 cm³/mol. The van der Waals surface area contributed by atoms with Crippen LogP contribution in [0.4, 0.5) is 43.9 Å². The van der Waals surface area contributed by atoms with E-state index in [9.17, 15) is 43.9 Å². The molecule has 0 atom stereocenters. The molecule has 2 aromatic carbocycles. The average molecular weight is 520 g/mol. The molecule has 0 amide bonds. The van der Waals surface area contributed by atoms with Crippen LogP contribution in [0.5, 0.6) is 0 Å². The molecule has 0 unspecified atom stereocenters. The molecule has 0 fully saturated rings. The highest BCUT2D eigenvalue weighted by atomic mass is 19.2. The van der Waals surface area contributed by atoms with Crippen molar-refractivity contribution in [1.82, 2.24) is 0 Å². The lowest BCUT2D eigenvalue weighted by Gasteiger charge is -2.22. The van der Waals surface area contributed by atoms with Crippen molar-refractivity contribution in [3.05, 3.63) is 93.5 Å². The van der Waals surface area contributed by atoms with E-state index < -0.39 is 75.8 Å². The molecule has 1 aliphatic rings. The van der Waals surface area contributed by atoms with E-state index in [0.29, 0.717) is 19.3 Å². The van der Waals surface area contributed by atoms with Gasteiger partial charge in [-0.3, -0.25) is 0 Å². The van der Waals surface area contributed by atoms with Gasteiger partial charge in [-0.1, -0.05) is 48.7 Å². The SMILES string of the molecule is CCC/C=C(/CCCC1=CC=CC1)B(c1c(F)c(F)c(F)c(F)c1F)c1c(F)c(F)c(F)c(F)c1F. The maximum Gasteiger partial charge on any atom is 0.252 e. The van der Waals surface area contributed by atoms with Crippen LogP contribution in [-0.4, -0.2) is 6.71 Å². The summed E-state index contributed by atoms with van der Waals surface area (Å²) in [5.74, 6) is -24.4. The summed E-state index contributed by atoms with van der Waals surface area (Å²) in [5, 5.41) is 0. The van der Waals surface area contributed by atoms with E-state index in [4.69, 9.17) is 0 Å². The van der Waals surface area contributed by atoms with Gasteiger partial charge in [-0.25, -0.2) is 43.9 Å². The van der Waals surface area contributed by atoms with Gasteiger partial charge in [0.05, 0.1) is 0 Å². The van der Waals surface area contributed by atoms with E-state index in [2.05, 4.69) is 0 Å². The Morgan fingerprint density at radius 3 is 1.56 bits per heavy atom. The zero-order valence-corrected chi connectivity index (χ0v) is 18.9. The summed E-state index contributed by atoms with van der Waals surface area (Å²) in [7, 11) is 0. The molecule has 0 bridgehead atoms. The highest BCUT2D eigenvalue weighted by Crippen LogP contribution is 2.26. The number of hydrogen-bond acceptors (Lipinski definition) is 0. The van der Waals surface area contributed by atoms with Crippen LogP contribution in [0.25, 0.3) is 0 Å². The first-order valence-electron chi connectivity index (χ1n) is 11.1. The normalized spacial score (nSPS) is 13.5. The molecule has 0 heterocycles. The summed E-state index contributed by atoms with van der Waals surface area (Å²) in [4.78, 5) is 0. The van der Waals surface area contributed by atoms with Gasteiger partial charge in [0.25, 0.3) is 6.71 Å². The fourth-order valence-corrected chi connectivity index (χ4v) is 4.16. The summed E-state index contributed by atoms with van der Waals surface area (Å²) in [6.45, 7) is -0.795. The van der Waals surface area contributed by atoms with Crippen molar-refractivity contribution in [1.29, 1.82) is 0 Å². The minimum Gasteiger partial charge on any atom is -0.204 e. The van der Waals surface area contributed by atoms with Crippen molar-refractivity contribution in [3.8, 4) is 0 Å². The quantitative estimate of drug-likeness (QED) is 0.145. The molecule has 0 spiro atoms. The highest BCUT2D eigenvalue weighted by molar-refractivity contribution is 6.91. The number of rotatable bonds is 9. The maximum atomic E-state index is 14.9. The standard InChI is InChI=1S/C25H19BF10/c1-2-3-10-13(11-6-9-12-7-4-5-8-12)26(14-16(27)20(31)24(35)21(32)17(14)28)15-18(29)22(33)25(36)23(34)19(15)30/h4-5,7,10H,2-3,6,8-9,11H2,1H3/b13-10-. The maximum absolute atomic E-state index is 14.9. The van der Waals surface area contributed by atoms with Gasteiger partial charge in [-0.05, 0) is 32.1 Å². The fraction of sp³-hybridized carbons (Fsp3) is 0.280. The van der Waals surface area contributed by atoms with Crippen LogP contribution in [0, 0.1) is 58.2 Å². The molecule has 0 saturated heterocycles. The highest BCUT2D eigenvalue weighted by Gasteiger charge is 2.41. The van der Waals surface area contributed by atoms with E-state index in [1.807, 2.05) is 6.08 Å². The Morgan fingerprint density at radius 2 is 1.17 bits per heavy atom. The van der Waals surface area contributed by atoms with Crippen LogP contribution in [-0.2, 0) is 0 Å². The second-order valence-electron chi connectivity index (χ2n) is 8.28. The lowest BCUT2D eigenvalue weighted by atomic mass is 9.35. The van der Waals surface area contributed by atoms with Crippen LogP contribution in [0.15, 0.2) is 35.3 Å². The third-order valence-corrected chi connectivity index (χ3v) is 5.94. The number of allylic oxidation sites excluding steroid dienone is 6. The van der Waals surface area contributed by atoms with Gasteiger partial charge in [-0.2, -0.15) is 0 Å². The molecule has 36 heavy (non-hydrogen) atoms. The van der Waals surface area contributed by atoms with Crippen LogP contribution < -0.4 is 10.9 Å². The fourth-order valence-electron chi connectivity index (χ4n) is 4.16. The molecule has 11 heteroatoms. The summed E-state index contributed by atoms with van der Waals surface area (Å²) in [5.41, 5.74) is -2.68. The largest absolute Gasteiger partial charge is 0.252 e. The smallest absolute Gasteiger partial charge is 0.204 e. The molecule has 192 valence electrons. The van der Waals surface area contributed by atoms with E-state index in [1.165, 1.54) is 6.08 Å². The van der Waals surface area contributed by atoms with Crippen molar-refractivity contribution in [2.45, 2.75) is 45.4 Å². The van der Waals surface area contributed by atoms with E-state index >= 15 is 0 Å². The zero-order chi connectivity index (χ0) is 26.7. The second kappa shape index (κ2) is 11.4. The summed E-state index contributed by atoms with van der Waals surface area (Å²) in [6.07, 6.45) is 8.32. The van der Waals surface area contributed by atoms with Crippen molar-refractivity contribution in [2.24, 2.45) is 0 Å². The first kappa shape index (κ1) is 27.6. The molecule has 2 aromatic rings. The Balaban J connectivity index is 2.29. The Kier molecular flexibility index (Phi) is 8.73. The van der Waals surface area contributed by atoms with Crippen LogP contribution in [0.2, 0.25) is 0 Å². The zero-order valence-electron chi connectivity index (χ0n) is 18.9. The summed E-state index contributed by atoms with van der Waals surface area (Å²) < 4.78 is 143. The molecule has 3 rings (SSSR count). The van der Waals surface area contributed by atoms with Crippen molar-refractivity contribution >= 4 is 17.6 Å². The number of halogens is 10. The van der Waals surface area contributed by atoms with Gasteiger partial charge in [0.2, 0.25) is 0 Å². The third-order valence-electron chi connectivity index (χ3n) is 5.94. The lowest BCUT2D eigenvalue weighted by Crippen LogP contribution is -2.52. The van der Waals surface area contributed by atoms with Gasteiger partial charge >= 0.3 is 0 Å². The van der Waals surface area contributed by atoms with Gasteiger partial charge in [0.1, 0.15) is 0 Å². The number of unbranched alkanes of at least 4 members (excludes halogenated alkanes) is 1. The lowest BCUT2D eigenvalue weighted by molar-refractivity contribution is 0.382. The molecule has 0 nitrogen and oxygen atoms in total. The van der Waals surface area contributed by atoms with Crippen LogP contribution in [0.3, 0.4) is 0 Å². The van der Waals surface area contributed by atoms with Crippen LogP contribution in [0.1, 0.15) is 45.4 Å². The van der Waals surface area contributed by atoms with Gasteiger partial charge in [0, 0.05) is 10.9 Å². The number of benzene rings is 2. The molecule has 0 N–H and O–H groups in total. The molecule has 0 aromatic heterocycles.